The molecular formula is C13H19NO3. The summed E-state index contributed by atoms with van der Waals surface area (Å²) < 4.78 is 10.4. The van der Waals surface area contributed by atoms with Crippen molar-refractivity contribution in [2.75, 3.05) is 20.8 Å². The van der Waals surface area contributed by atoms with Crippen molar-refractivity contribution in [1.29, 1.82) is 0 Å². The summed E-state index contributed by atoms with van der Waals surface area (Å²) in [6, 6.07) is 8.14. The van der Waals surface area contributed by atoms with Gasteiger partial charge in [-0.1, -0.05) is 12.1 Å². The van der Waals surface area contributed by atoms with Gasteiger partial charge in [-0.25, -0.2) is 0 Å². The summed E-state index contributed by atoms with van der Waals surface area (Å²) in [7, 11) is 3.30. The molecular weight excluding hydrogens is 218 g/mol. The molecule has 0 aromatic heterocycles. The normalized spacial score (nSPS) is 28.3. The molecule has 1 saturated heterocycles. The monoisotopic (exact) mass is 237 g/mol. The van der Waals surface area contributed by atoms with Gasteiger partial charge in [0.15, 0.2) is 0 Å². The summed E-state index contributed by atoms with van der Waals surface area (Å²) in [6.45, 7) is 0.597. The smallest absolute Gasteiger partial charge is 0.118 e. The molecule has 0 spiro atoms. The van der Waals surface area contributed by atoms with E-state index in [0.717, 1.165) is 12.2 Å². The van der Waals surface area contributed by atoms with Crippen molar-refractivity contribution in [3.05, 3.63) is 29.8 Å². The standard InChI is InChI=1S/C13H19NO3/c1-16-10-5-3-9(4-6-10)7-11-13(17-2)12(15)8-14-11/h3-6,11-15H,7-8H2,1-2H3. The topological polar surface area (TPSA) is 50.7 Å². The first kappa shape index (κ1) is 12.4. The van der Waals surface area contributed by atoms with Crippen LogP contribution in [0, 0.1) is 0 Å². The molecule has 1 aromatic carbocycles. The maximum absolute atomic E-state index is 9.71. The molecule has 0 bridgehead atoms. The first-order chi connectivity index (χ1) is 8.24. The third-order valence-corrected chi connectivity index (χ3v) is 3.25. The largest absolute Gasteiger partial charge is 0.497 e. The van der Waals surface area contributed by atoms with Crippen LogP contribution in [0.3, 0.4) is 0 Å². The van der Waals surface area contributed by atoms with Crippen molar-refractivity contribution in [3.8, 4) is 5.75 Å². The molecule has 94 valence electrons. The van der Waals surface area contributed by atoms with Gasteiger partial charge in [-0.2, -0.15) is 0 Å². The molecule has 4 heteroatoms. The summed E-state index contributed by atoms with van der Waals surface area (Å²) in [5.74, 6) is 0.858. The Labute approximate surface area is 102 Å². The third-order valence-electron chi connectivity index (χ3n) is 3.25. The zero-order valence-electron chi connectivity index (χ0n) is 10.2. The molecule has 0 radical (unpaired) electrons. The Hall–Kier alpha value is -1.10. The van der Waals surface area contributed by atoms with Crippen LogP contribution in [0.1, 0.15) is 5.56 Å². The van der Waals surface area contributed by atoms with Crippen molar-refractivity contribution < 1.29 is 14.6 Å². The number of rotatable bonds is 4. The Morgan fingerprint density at radius 3 is 2.59 bits per heavy atom. The van der Waals surface area contributed by atoms with E-state index in [-0.39, 0.29) is 12.1 Å². The molecule has 2 rings (SSSR count). The number of hydrogen-bond acceptors (Lipinski definition) is 4. The van der Waals surface area contributed by atoms with Crippen molar-refractivity contribution in [1.82, 2.24) is 5.32 Å². The SMILES string of the molecule is COc1ccc(CC2NCC(O)C2OC)cc1. The van der Waals surface area contributed by atoms with Crippen LogP contribution in [0.2, 0.25) is 0 Å². The molecule has 1 fully saturated rings. The first-order valence-corrected chi connectivity index (χ1v) is 5.81. The second kappa shape index (κ2) is 5.49. The van der Waals surface area contributed by atoms with E-state index in [1.54, 1.807) is 14.2 Å². The van der Waals surface area contributed by atoms with Gasteiger partial charge in [0.25, 0.3) is 0 Å². The molecule has 0 saturated carbocycles. The van der Waals surface area contributed by atoms with Crippen LogP contribution < -0.4 is 10.1 Å². The van der Waals surface area contributed by atoms with Crippen LogP contribution >= 0.6 is 0 Å². The molecule has 0 aliphatic carbocycles. The molecule has 4 nitrogen and oxygen atoms in total. The number of hydrogen-bond donors (Lipinski definition) is 2. The van der Waals surface area contributed by atoms with Gasteiger partial charge >= 0.3 is 0 Å². The van der Waals surface area contributed by atoms with Crippen LogP contribution in [0.4, 0.5) is 0 Å². The van der Waals surface area contributed by atoms with Gasteiger partial charge in [0.2, 0.25) is 0 Å². The van der Waals surface area contributed by atoms with Gasteiger partial charge in [-0.15, -0.1) is 0 Å². The number of methoxy groups -OCH3 is 2. The molecule has 0 amide bonds. The van der Waals surface area contributed by atoms with Crippen LogP contribution in [-0.2, 0) is 11.2 Å². The second-order valence-corrected chi connectivity index (χ2v) is 4.33. The fraction of sp³-hybridized carbons (Fsp3) is 0.538. The number of aliphatic hydroxyl groups is 1. The number of ether oxygens (including phenoxy) is 2. The second-order valence-electron chi connectivity index (χ2n) is 4.33. The van der Waals surface area contributed by atoms with Gasteiger partial charge in [-0.05, 0) is 24.1 Å². The number of β-amino-alcohol motifs (C(OH)–C–C–N with tert-alkyl or cyclic N) is 1. The number of benzene rings is 1. The highest BCUT2D eigenvalue weighted by Crippen LogP contribution is 2.18. The van der Waals surface area contributed by atoms with E-state index in [1.807, 2.05) is 24.3 Å². The average molecular weight is 237 g/mol. The zero-order valence-corrected chi connectivity index (χ0v) is 10.2. The molecule has 3 unspecified atom stereocenters. The lowest BCUT2D eigenvalue weighted by Gasteiger charge is -2.20. The average Bonchev–Trinajstić information content (AvgIpc) is 2.71. The Morgan fingerprint density at radius 1 is 1.29 bits per heavy atom. The predicted molar refractivity (Wildman–Crippen MR) is 65.3 cm³/mol. The van der Waals surface area contributed by atoms with Gasteiger partial charge in [0.1, 0.15) is 5.75 Å². The maximum atomic E-state index is 9.71. The fourth-order valence-electron chi connectivity index (χ4n) is 2.30. The summed E-state index contributed by atoms with van der Waals surface area (Å²) in [6.07, 6.45) is 0.305. The van der Waals surface area contributed by atoms with Crippen LogP contribution in [-0.4, -0.2) is 44.1 Å². The minimum Gasteiger partial charge on any atom is -0.497 e. The van der Waals surface area contributed by atoms with Crippen molar-refractivity contribution in [2.24, 2.45) is 0 Å². The van der Waals surface area contributed by atoms with Crippen molar-refractivity contribution in [3.63, 3.8) is 0 Å². The van der Waals surface area contributed by atoms with E-state index in [4.69, 9.17) is 9.47 Å². The molecule has 2 N–H and O–H groups in total. The van der Waals surface area contributed by atoms with Crippen LogP contribution in [0.5, 0.6) is 5.75 Å². The minimum atomic E-state index is -0.414. The highest BCUT2D eigenvalue weighted by Gasteiger charge is 2.34. The van der Waals surface area contributed by atoms with E-state index in [1.165, 1.54) is 5.56 Å². The zero-order chi connectivity index (χ0) is 12.3. The molecule has 1 aliphatic heterocycles. The van der Waals surface area contributed by atoms with Gasteiger partial charge in [-0.3, -0.25) is 0 Å². The molecule has 17 heavy (non-hydrogen) atoms. The summed E-state index contributed by atoms with van der Waals surface area (Å²) >= 11 is 0. The highest BCUT2D eigenvalue weighted by molar-refractivity contribution is 5.28. The van der Waals surface area contributed by atoms with Crippen LogP contribution in [0.25, 0.3) is 0 Å². The van der Waals surface area contributed by atoms with E-state index >= 15 is 0 Å². The van der Waals surface area contributed by atoms with Crippen molar-refractivity contribution in [2.45, 2.75) is 24.7 Å². The summed E-state index contributed by atoms with van der Waals surface area (Å²) in [4.78, 5) is 0. The van der Waals surface area contributed by atoms with E-state index in [2.05, 4.69) is 5.32 Å². The third kappa shape index (κ3) is 2.77. The molecule has 1 aromatic rings. The fourth-order valence-corrected chi connectivity index (χ4v) is 2.30. The van der Waals surface area contributed by atoms with Gasteiger partial charge < -0.3 is 19.9 Å². The first-order valence-electron chi connectivity index (χ1n) is 5.81. The van der Waals surface area contributed by atoms with Gasteiger partial charge in [0.05, 0.1) is 19.3 Å². The summed E-state index contributed by atoms with van der Waals surface area (Å²) in [5, 5.41) is 13.0. The highest BCUT2D eigenvalue weighted by atomic mass is 16.5. The predicted octanol–water partition coefficient (Wildman–Crippen LogP) is 0.585. The van der Waals surface area contributed by atoms with E-state index in [9.17, 15) is 5.11 Å². The number of aliphatic hydroxyl groups excluding tert-OH is 1. The Bertz CT molecular complexity index is 352. The Kier molecular flexibility index (Phi) is 3.99. The van der Waals surface area contributed by atoms with Crippen molar-refractivity contribution >= 4 is 0 Å². The lowest BCUT2D eigenvalue weighted by atomic mass is 10.0. The van der Waals surface area contributed by atoms with Crippen LogP contribution in [0.15, 0.2) is 24.3 Å². The summed E-state index contributed by atoms with van der Waals surface area (Å²) in [5.41, 5.74) is 1.21. The quantitative estimate of drug-likeness (QED) is 0.804. The Balaban J connectivity index is 2.00. The number of nitrogens with one attached hydrogen (secondary N) is 1. The lowest BCUT2D eigenvalue weighted by Crippen LogP contribution is -2.36. The maximum Gasteiger partial charge on any atom is 0.118 e. The Morgan fingerprint density at radius 2 is 2.00 bits per heavy atom. The lowest BCUT2D eigenvalue weighted by molar-refractivity contribution is 0.00556. The van der Waals surface area contributed by atoms with E-state index in [0.29, 0.717) is 6.54 Å². The molecule has 1 heterocycles. The molecule has 1 aliphatic rings. The molecule has 3 atom stereocenters. The van der Waals surface area contributed by atoms with E-state index < -0.39 is 6.10 Å². The minimum absolute atomic E-state index is 0.128. The van der Waals surface area contributed by atoms with Gasteiger partial charge in [0, 0.05) is 19.7 Å².